The molecule has 0 saturated carbocycles. The number of hydrogen-bond donors (Lipinski definition) is 2. The topological polar surface area (TPSA) is 41.1 Å². The van der Waals surface area contributed by atoms with E-state index < -0.39 is 0 Å². The van der Waals surface area contributed by atoms with Gasteiger partial charge in [0.2, 0.25) is 5.91 Å². The summed E-state index contributed by atoms with van der Waals surface area (Å²) in [7, 11) is 0. The maximum Gasteiger partial charge on any atom is 0.227 e. The Morgan fingerprint density at radius 2 is 2.00 bits per heavy atom. The Labute approximate surface area is 116 Å². The summed E-state index contributed by atoms with van der Waals surface area (Å²) in [6.07, 6.45) is 1.85. The molecule has 1 saturated heterocycles. The molecule has 1 amide bonds. The Morgan fingerprint density at radius 1 is 1.33 bits per heavy atom. The summed E-state index contributed by atoms with van der Waals surface area (Å²) in [5, 5.41) is 6.34. The minimum Gasteiger partial charge on any atom is -0.325 e. The van der Waals surface area contributed by atoms with E-state index >= 15 is 0 Å². The molecule has 0 spiro atoms. The first-order chi connectivity index (χ1) is 8.58. The summed E-state index contributed by atoms with van der Waals surface area (Å²) in [4.78, 5) is 12.2. The van der Waals surface area contributed by atoms with Crippen LogP contribution in [0.4, 0.5) is 5.69 Å². The molecule has 1 heterocycles. The van der Waals surface area contributed by atoms with Gasteiger partial charge in [0, 0.05) is 10.4 Å². The first-order valence-corrected chi connectivity index (χ1v) is 7.15. The lowest BCUT2D eigenvalue weighted by Gasteiger charge is -2.22. The zero-order valence-electron chi connectivity index (χ0n) is 10.8. The zero-order valence-corrected chi connectivity index (χ0v) is 12.4. The molecule has 0 atom stereocenters. The standard InChI is InChI=1S/C14H19BrN2O/c1-9-7-10(2)13(12(15)8-9)17-14(18)11-3-5-16-6-4-11/h7-8,11,16H,3-6H2,1-2H3,(H,17,18). The van der Waals surface area contributed by atoms with Crippen molar-refractivity contribution in [2.24, 2.45) is 5.92 Å². The van der Waals surface area contributed by atoms with Gasteiger partial charge in [-0.2, -0.15) is 0 Å². The van der Waals surface area contributed by atoms with Gasteiger partial charge in [-0.25, -0.2) is 0 Å². The second-order valence-electron chi connectivity index (χ2n) is 4.95. The van der Waals surface area contributed by atoms with E-state index in [1.807, 2.05) is 13.0 Å². The van der Waals surface area contributed by atoms with Crippen LogP contribution in [0.1, 0.15) is 24.0 Å². The lowest BCUT2D eigenvalue weighted by molar-refractivity contribution is -0.120. The molecular weight excluding hydrogens is 292 g/mol. The number of carbonyl (C=O) groups is 1. The molecule has 2 N–H and O–H groups in total. The van der Waals surface area contributed by atoms with Crippen LogP contribution < -0.4 is 10.6 Å². The second-order valence-corrected chi connectivity index (χ2v) is 5.81. The SMILES string of the molecule is Cc1cc(C)c(NC(=O)C2CCNCC2)c(Br)c1. The van der Waals surface area contributed by atoms with Gasteiger partial charge in [-0.05, 0) is 72.9 Å². The maximum absolute atomic E-state index is 12.2. The van der Waals surface area contributed by atoms with Gasteiger partial charge in [0.05, 0.1) is 5.69 Å². The molecular formula is C14H19BrN2O. The summed E-state index contributed by atoms with van der Waals surface area (Å²) < 4.78 is 0.960. The van der Waals surface area contributed by atoms with Crippen LogP contribution in [0.3, 0.4) is 0 Å². The molecule has 1 aromatic carbocycles. The molecule has 2 rings (SSSR count). The highest BCUT2D eigenvalue weighted by Crippen LogP contribution is 2.28. The van der Waals surface area contributed by atoms with Gasteiger partial charge < -0.3 is 10.6 Å². The number of benzene rings is 1. The predicted molar refractivity (Wildman–Crippen MR) is 77.8 cm³/mol. The minimum absolute atomic E-state index is 0.138. The number of carbonyl (C=O) groups excluding carboxylic acids is 1. The number of hydrogen-bond acceptors (Lipinski definition) is 2. The molecule has 0 aliphatic carbocycles. The first kappa shape index (κ1) is 13.6. The van der Waals surface area contributed by atoms with E-state index in [2.05, 4.69) is 39.6 Å². The molecule has 0 unspecified atom stereocenters. The van der Waals surface area contributed by atoms with Crippen molar-refractivity contribution in [1.82, 2.24) is 5.32 Å². The third-order valence-electron chi connectivity index (χ3n) is 3.39. The van der Waals surface area contributed by atoms with Gasteiger partial charge in [-0.3, -0.25) is 4.79 Å². The Balaban J connectivity index is 2.11. The third kappa shape index (κ3) is 3.12. The highest BCUT2D eigenvalue weighted by atomic mass is 79.9. The second kappa shape index (κ2) is 5.85. The minimum atomic E-state index is 0.138. The van der Waals surface area contributed by atoms with Crippen LogP contribution in [0.15, 0.2) is 16.6 Å². The van der Waals surface area contributed by atoms with Crippen molar-refractivity contribution in [2.75, 3.05) is 18.4 Å². The summed E-state index contributed by atoms with van der Waals surface area (Å²) in [6, 6.07) is 4.12. The van der Waals surface area contributed by atoms with Crippen LogP contribution in [-0.4, -0.2) is 19.0 Å². The van der Waals surface area contributed by atoms with E-state index in [0.29, 0.717) is 0 Å². The van der Waals surface area contributed by atoms with Crippen molar-refractivity contribution in [3.63, 3.8) is 0 Å². The van der Waals surface area contributed by atoms with Crippen molar-refractivity contribution in [3.05, 3.63) is 27.7 Å². The van der Waals surface area contributed by atoms with Crippen molar-refractivity contribution >= 4 is 27.5 Å². The van der Waals surface area contributed by atoms with Crippen LogP contribution in [0.5, 0.6) is 0 Å². The molecule has 0 radical (unpaired) electrons. The molecule has 98 valence electrons. The van der Waals surface area contributed by atoms with E-state index in [-0.39, 0.29) is 11.8 Å². The number of anilines is 1. The van der Waals surface area contributed by atoms with Crippen molar-refractivity contribution in [3.8, 4) is 0 Å². The van der Waals surface area contributed by atoms with Gasteiger partial charge in [0.1, 0.15) is 0 Å². The highest BCUT2D eigenvalue weighted by molar-refractivity contribution is 9.10. The molecule has 1 aromatic rings. The largest absolute Gasteiger partial charge is 0.325 e. The van der Waals surface area contributed by atoms with Crippen LogP contribution in [0.25, 0.3) is 0 Å². The third-order valence-corrected chi connectivity index (χ3v) is 4.02. The van der Waals surface area contributed by atoms with Gasteiger partial charge in [0.25, 0.3) is 0 Å². The van der Waals surface area contributed by atoms with Crippen molar-refractivity contribution in [2.45, 2.75) is 26.7 Å². The van der Waals surface area contributed by atoms with Gasteiger partial charge >= 0.3 is 0 Å². The number of aryl methyl sites for hydroxylation is 2. The van der Waals surface area contributed by atoms with Crippen LogP contribution in [0.2, 0.25) is 0 Å². The zero-order chi connectivity index (χ0) is 13.1. The Bertz CT molecular complexity index is 430. The molecule has 1 fully saturated rings. The summed E-state index contributed by atoms with van der Waals surface area (Å²) >= 11 is 3.52. The molecule has 0 aromatic heterocycles. The first-order valence-electron chi connectivity index (χ1n) is 6.36. The fourth-order valence-corrected chi connectivity index (χ4v) is 3.16. The average Bonchev–Trinajstić information content (AvgIpc) is 2.34. The predicted octanol–water partition coefficient (Wildman–Crippen LogP) is 3.00. The van der Waals surface area contributed by atoms with E-state index in [4.69, 9.17) is 0 Å². The van der Waals surface area contributed by atoms with Gasteiger partial charge in [-0.1, -0.05) is 6.07 Å². The number of piperidine rings is 1. The fraction of sp³-hybridized carbons (Fsp3) is 0.500. The fourth-order valence-electron chi connectivity index (χ4n) is 2.38. The van der Waals surface area contributed by atoms with E-state index in [9.17, 15) is 4.79 Å². The van der Waals surface area contributed by atoms with Crippen LogP contribution in [0, 0.1) is 19.8 Å². The molecule has 18 heavy (non-hydrogen) atoms. The molecule has 1 aliphatic rings. The summed E-state index contributed by atoms with van der Waals surface area (Å²) in [6.45, 7) is 5.95. The Kier molecular flexibility index (Phi) is 4.40. The Hall–Kier alpha value is -0.870. The lowest BCUT2D eigenvalue weighted by atomic mass is 9.97. The van der Waals surface area contributed by atoms with Gasteiger partial charge in [0.15, 0.2) is 0 Å². The summed E-state index contributed by atoms with van der Waals surface area (Å²) in [5.74, 6) is 0.281. The molecule has 0 bridgehead atoms. The number of nitrogens with one attached hydrogen (secondary N) is 2. The molecule has 1 aliphatic heterocycles. The monoisotopic (exact) mass is 310 g/mol. The van der Waals surface area contributed by atoms with Crippen LogP contribution in [-0.2, 0) is 4.79 Å². The van der Waals surface area contributed by atoms with E-state index in [1.54, 1.807) is 0 Å². The smallest absolute Gasteiger partial charge is 0.227 e. The van der Waals surface area contributed by atoms with E-state index in [0.717, 1.165) is 41.7 Å². The molecule has 4 heteroatoms. The maximum atomic E-state index is 12.2. The van der Waals surface area contributed by atoms with Crippen molar-refractivity contribution in [1.29, 1.82) is 0 Å². The number of amides is 1. The molecule has 3 nitrogen and oxygen atoms in total. The van der Waals surface area contributed by atoms with Crippen LogP contribution >= 0.6 is 15.9 Å². The average molecular weight is 311 g/mol. The normalized spacial score (nSPS) is 16.6. The highest BCUT2D eigenvalue weighted by Gasteiger charge is 2.21. The van der Waals surface area contributed by atoms with E-state index in [1.165, 1.54) is 5.56 Å². The van der Waals surface area contributed by atoms with Gasteiger partial charge in [-0.15, -0.1) is 0 Å². The Morgan fingerprint density at radius 3 is 2.61 bits per heavy atom. The van der Waals surface area contributed by atoms with Crippen molar-refractivity contribution < 1.29 is 4.79 Å². The quantitative estimate of drug-likeness (QED) is 0.881. The number of rotatable bonds is 2. The number of halogens is 1. The summed E-state index contributed by atoms with van der Waals surface area (Å²) in [5.41, 5.74) is 3.20. The lowest BCUT2D eigenvalue weighted by Crippen LogP contribution is -2.34.